The summed E-state index contributed by atoms with van der Waals surface area (Å²) in [5, 5.41) is 3.59. The number of ether oxygens (including phenoxy) is 1. The van der Waals surface area contributed by atoms with Gasteiger partial charge in [0.05, 0.1) is 12.0 Å². The van der Waals surface area contributed by atoms with Crippen LogP contribution in [0.15, 0.2) is 46.9 Å². The molecular weight excluding hydrogens is 366 g/mol. The molecule has 1 atom stereocenters. The Morgan fingerprint density at radius 3 is 2.66 bits per heavy atom. The molecule has 0 spiro atoms. The summed E-state index contributed by atoms with van der Waals surface area (Å²) in [6, 6.07) is 13.5. The number of furan rings is 1. The van der Waals surface area contributed by atoms with Crippen LogP contribution in [0.4, 0.5) is 0 Å². The van der Waals surface area contributed by atoms with Crippen LogP contribution in [0.1, 0.15) is 58.7 Å². The third-order valence-corrected chi connectivity index (χ3v) is 5.72. The van der Waals surface area contributed by atoms with Gasteiger partial charge in [-0.25, -0.2) is 0 Å². The highest BCUT2D eigenvalue weighted by molar-refractivity contribution is 6.13. The molecule has 4 rings (SSSR count). The molecule has 3 aromatic rings. The fraction of sp³-hybridized carbons (Fsp3) is 0.333. The molecule has 0 unspecified atom stereocenters. The molecule has 1 amide bonds. The Morgan fingerprint density at radius 1 is 1.17 bits per heavy atom. The average molecular weight is 391 g/mol. The van der Waals surface area contributed by atoms with E-state index >= 15 is 0 Å². The lowest BCUT2D eigenvalue weighted by atomic mass is 9.87. The molecular formula is C24H25NO4. The van der Waals surface area contributed by atoms with Crippen LogP contribution in [-0.2, 0) is 6.42 Å². The Balaban J connectivity index is 1.60. The number of carbonyl (C=O) groups excluding carboxylic acids is 2. The molecule has 2 heterocycles. The molecule has 0 saturated heterocycles. The molecule has 0 saturated carbocycles. The maximum Gasteiger partial charge on any atom is 0.287 e. The third kappa shape index (κ3) is 3.53. The van der Waals surface area contributed by atoms with E-state index in [-0.39, 0.29) is 17.5 Å². The van der Waals surface area contributed by atoms with Crippen molar-refractivity contribution in [3.63, 3.8) is 0 Å². The van der Waals surface area contributed by atoms with Gasteiger partial charge in [-0.2, -0.15) is 0 Å². The highest BCUT2D eigenvalue weighted by atomic mass is 16.5. The molecule has 5 heteroatoms. The Kier molecular flexibility index (Phi) is 4.91. The van der Waals surface area contributed by atoms with Gasteiger partial charge in [-0.1, -0.05) is 37.3 Å². The van der Waals surface area contributed by atoms with Crippen molar-refractivity contribution in [1.29, 1.82) is 0 Å². The number of amides is 1. The fourth-order valence-corrected chi connectivity index (χ4v) is 3.87. The molecule has 29 heavy (non-hydrogen) atoms. The number of ketones is 1. The SMILES string of the molecule is CC[C@@]1(C)CC(=O)c2c(ccc3oc(C(=O)NCCc4ccccc4)c(C)c23)O1. The molecule has 1 aliphatic heterocycles. The van der Waals surface area contributed by atoms with Gasteiger partial charge in [0.2, 0.25) is 0 Å². The largest absolute Gasteiger partial charge is 0.486 e. The van der Waals surface area contributed by atoms with Gasteiger partial charge in [0.25, 0.3) is 5.91 Å². The van der Waals surface area contributed by atoms with Crippen LogP contribution in [0.25, 0.3) is 11.0 Å². The highest BCUT2D eigenvalue weighted by Crippen LogP contribution is 2.41. The number of carbonyl (C=O) groups is 2. The van der Waals surface area contributed by atoms with Crippen LogP contribution in [-0.4, -0.2) is 23.8 Å². The highest BCUT2D eigenvalue weighted by Gasteiger charge is 2.37. The van der Waals surface area contributed by atoms with Crippen molar-refractivity contribution >= 4 is 22.7 Å². The van der Waals surface area contributed by atoms with Gasteiger partial charge in [0, 0.05) is 17.5 Å². The first-order valence-electron chi connectivity index (χ1n) is 10.0. The molecule has 5 nitrogen and oxygen atoms in total. The maximum absolute atomic E-state index is 12.9. The zero-order valence-electron chi connectivity index (χ0n) is 17.0. The van der Waals surface area contributed by atoms with Gasteiger partial charge < -0.3 is 14.5 Å². The van der Waals surface area contributed by atoms with Crippen molar-refractivity contribution in [3.8, 4) is 5.75 Å². The number of hydrogen-bond acceptors (Lipinski definition) is 4. The number of benzene rings is 2. The Labute approximate surface area is 170 Å². The number of nitrogens with one attached hydrogen (secondary N) is 1. The summed E-state index contributed by atoms with van der Waals surface area (Å²) in [6.07, 6.45) is 1.80. The molecule has 2 aromatic carbocycles. The summed E-state index contributed by atoms with van der Waals surface area (Å²) >= 11 is 0. The van der Waals surface area contributed by atoms with Crippen molar-refractivity contribution in [1.82, 2.24) is 5.32 Å². The van der Waals surface area contributed by atoms with E-state index in [2.05, 4.69) is 5.32 Å². The Bertz CT molecular complexity index is 1080. The van der Waals surface area contributed by atoms with E-state index in [4.69, 9.17) is 9.15 Å². The topological polar surface area (TPSA) is 68.5 Å². The molecule has 0 bridgehead atoms. The second kappa shape index (κ2) is 7.39. The number of hydrogen-bond donors (Lipinski definition) is 1. The van der Waals surface area contributed by atoms with Crippen LogP contribution in [0.5, 0.6) is 5.75 Å². The summed E-state index contributed by atoms with van der Waals surface area (Å²) in [5.74, 6) is 0.572. The molecule has 1 aliphatic rings. The summed E-state index contributed by atoms with van der Waals surface area (Å²) in [4.78, 5) is 25.6. The van der Waals surface area contributed by atoms with Crippen molar-refractivity contribution in [2.24, 2.45) is 0 Å². The van der Waals surface area contributed by atoms with Gasteiger partial charge in [0.15, 0.2) is 11.5 Å². The van der Waals surface area contributed by atoms with Gasteiger partial charge >= 0.3 is 0 Å². The Hall–Kier alpha value is -3.08. The quantitative estimate of drug-likeness (QED) is 0.675. The molecule has 150 valence electrons. The monoisotopic (exact) mass is 391 g/mol. The van der Waals surface area contributed by atoms with Crippen molar-refractivity contribution in [2.75, 3.05) is 6.54 Å². The average Bonchev–Trinajstić information content (AvgIpc) is 3.05. The molecule has 0 radical (unpaired) electrons. The van der Waals surface area contributed by atoms with Crippen LogP contribution in [0.3, 0.4) is 0 Å². The van der Waals surface area contributed by atoms with Crippen LogP contribution in [0.2, 0.25) is 0 Å². The first-order chi connectivity index (χ1) is 13.9. The van der Waals surface area contributed by atoms with Crippen LogP contribution >= 0.6 is 0 Å². The lowest BCUT2D eigenvalue weighted by Crippen LogP contribution is -2.38. The van der Waals surface area contributed by atoms with Gasteiger partial charge in [0.1, 0.15) is 16.9 Å². The minimum absolute atomic E-state index is 0.0288. The van der Waals surface area contributed by atoms with E-state index in [1.54, 1.807) is 12.1 Å². The predicted molar refractivity (Wildman–Crippen MR) is 112 cm³/mol. The maximum atomic E-state index is 12.9. The Morgan fingerprint density at radius 2 is 1.93 bits per heavy atom. The lowest BCUT2D eigenvalue weighted by Gasteiger charge is -2.34. The molecule has 1 aromatic heterocycles. The van der Waals surface area contributed by atoms with Crippen molar-refractivity contribution < 1.29 is 18.7 Å². The van der Waals surface area contributed by atoms with Crippen molar-refractivity contribution in [2.45, 2.75) is 45.6 Å². The summed E-state index contributed by atoms with van der Waals surface area (Å²) in [7, 11) is 0. The molecule has 1 N–H and O–H groups in total. The summed E-state index contributed by atoms with van der Waals surface area (Å²) in [6.45, 7) is 6.29. The second-order valence-electron chi connectivity index (χ2n) is 7.86. The minimum atomic E-state index is -0.493. The zero-order chi connectivity index (χ0) is 20.6. The molecule has 0 fully saturated rings. The van der Waals surface area contributed by atoms with Gasteiger partial charge in [-0.15, -0.1) is 0 Å². The number of fused-ring (bicyclic) bond motifs is 3. The number of Topliss-reactive ketones (excluding diaryl/α,β-unsaturated/α-hetero) is 1. The van der Waals surface area contributed by atoms with Crippen LogP contribution < -0.4 is 10.1 Å². The van der Waals surface area contributed by atoms with E-state index < -0.39 is 5.60 Å². The standard InChI is InChI=1S/C24H25NO4/c1-4-24(3)14-17(26)21-19(29-24)11-10-18-20(21)15(2)22(28-18)23(27)25-13-12-16-8-6-5-7-9-16/h5-11H,4,12-14H2,1-3H3,(H,25,27)/t24-/m0/s1. The van der Waals surface area contributed by atoms with Crippen LogP contribution in [0, 0.1) is 6.92 Å². The zero-order valence-corrected chi connectivity index (χ0v) is 17.0. The van der Waals surface area contributed by atoms with E-state index in [0.29, 0.717) is 40.8 Å². The van der Waals surface area contributed by atoms with E-state index in [0.717, 1.165) is 18.4 Å². The molecule has 0 aliphatic carbocycles. The smallest absolute Gasteiger partial charge is 0.287 e. The summed E-state index contributed by atoms with van der Waals surface area (Å²) in [5.41, 5.74) is 2.40. The first-order valence-corrected chi connectivity index (χ1v) is 10.0. The number of rotatable bonds is 5. The van der Waals surface area contributed by atoms with E-state index in [1.165, 1.54) is 0 Å². The second-order valence-corrected chi connectivity index (χ2v) is 7.86. The predicted octanol–water partition coefficient (Wildman–Crippen LogP) is 4.85. The van der Waals surface area contributed by atoms with Gasteiger partial charge in [-0.3, -0.25) is 9.59 Å². The fourth-order valence-electron chi connectivity index (χ4n) is 3.87. The first kappa shape index (κ1) is 19.2. The third-order valence-electron chi connectivity index (χ3n) is 5.72. The van der Waals surface area contributed by atoms with E-state index in [9.17, 15) is 9.59 Å². The number of aryl methyl sites for hydroxylation is 1. The minimum Gasteiger partial charge on any atom is -0.486 e. The van der Waals surface area contributed by atoms with Gasteiger partial charge in [-0.05, 0) is 44.4 Å². The van der Waals surface area contributed by atoms with Crippen molar-refractivity contribution in [3.05, 3.63) is 64.9 Å². The summed E-state index contributed by atoms with van der Waals surface area (Å²) < 4.78 is 12.0. The lowest BCUT2D eigenvalue weighted by molar-refractivity contribution is 0.0503. The van der Waals surface area contributed by atoms with E-state index in [1.807, 2.05) is 51.1 Å². The normalized spacial score (nSPS) is 18.4.